The SMILES string of the molecule is CCCNC(c1ccccc1F)C(C)CN(CC)CCO. The summed E-state index contributed by atoms with van der Waals surface area (Å²) < 4.78 is 14.1. The van der Waals surface area contributed by atoms with Crippen molar-refractivity contribution in [3.63, 3.8) is 0 Å². The Morgan fingerprint density at radius 2 is 2.00 bits per heavy atom. The first-order valence-corrected chi connectivity index (χ1v) is 7.95. The van der Waals surface area contributed by atoms with E-state index in [0.29, 0.717) is 6.54 Å². The molecule has 21 heavy (non-hydrogen) atoms. The molecule has 3 nitrogen and oxygen atoms in total. The van der Waals surface area contributed by atoms with Crippen LogP contribution >= 0.6 is 0 Å². The van der Waals surface area contributed by atoms with E-state index < -0.39 is 0 Å². The second-order valence-electron chi connectivity index (χ2n) is 5.55. The van der Waals surface area contributed by atoms with Crippen LogP contribution in [0.25, 0.3) is 0 Å². The second kappa shape index (κ2) is 9.87. The van der Waals surface area contributed by atoms with Crippen LogP contribution in [0.4, 0.5) is 4.39 Å². The molecule has 0 heterocycles. The lowest BCUT2D eigenvalue weighted by Gasteiger charge is -2.30. The number of nitrogens with one attached hydrogen (secondary N) is 1. The number of nitrogens with zero attached hydrogens (tertiary/aromatic N) is 1. The van der Waals surface area contributed by atoms with Crippen molar-refractivity contribution in [3.05, 3.63) is 35.6 Å². The van der Waals surface area contributed by atoms with E-state index >= 15 is 0 Å². The zero-order valence-corrected chi connectivity index (χ0v) is 13.5. The van der Waals surface area contributed by atoms with Crippen LogP contribution in [0.1, 0.15) is 38.8 Å². The van der Waals surface area contributed by atoms with Gasteiger partial charge < -0.3 is 15.3 Å². The van der Waals surface area contributed by atoms with Gasteiger partial charge in [0, 0.05) is 24.7 Å². The van der Waals surface area contributed by atoms with Crippen molar-refractivity contribution in [2.45, 2.75) is 33.2 Å². The van der Waals surface area contributed by atoms with Crippen LogP contribution in [0, 0.1) is 11.7 Å². The first-order valence-electron chi connectivity index (χ1n) is 7.95. The predicted molar refractivity (Wildman–Crippen MR) is 85.8 cm³/mol. The fourth-order valence-electron chi connectivity index (χ4n) is 2.68. The predicted octanol–water partition coefficient (Wildman–Crippen LogP) is 2.82. The van der Waals surface area contributed by atoms with Gasteiger partial charge in [0.2, 0.25) is 0 Å². The van der Waals surface area contributed by atoms with Crippen LogP contribution < -0.4 is 5.32 Å². The van der Waals surface area contributed by atoms with E-state index in [0.717, 1.165) is 31.6 Å². The summed E-state index contributed by atoms with van der Waals surface area (Å²) in [4.78, 5) is 2.20. The molecule has 4 heteroatoms. The molecule has 120 valence electrons. The third-order valence-corrected chi connectivity index (χ3v) is 3.83. The van der Waals surface area contributed by atoms with E-state index in [2.05, 4.69) is 31.0 Å². The number of hydrogen-bond acceptors (Lipinski definition) is 3. The minimum atomic E-state index is -0.150. The minimum absolute atomic E-state index is 0.00103. The van der Waals surface area contributed by atoms with Crippen LogP contribution in [-0.2, 0) is 0 Å². The average Bonchev–Trinajstić information content (AvgIpc) is 2.48. The summed E-state index contributed by atoms with van der Waals surface area (Å²) in [5, 5.41) is 12.6. The molecule has 1 aromatic rings. The van der Waals surface area contributed by atoms with Gasteiger partial charge in [-0.1, -0.05) is 39.0 Å². The van der Waals surface area contributed by atoms with Crippen LogP contribution in [0.5, 0.6) is 0 Å². The highest BCUT2D eigenvalue weighted by molar-refractivity contribution is 5.22. The maximum atomic E-state index is 14.1. The van der Waals surface area contributed by atoms with E-state index in [1.54, 1.807) is 6.07 Å². The van der Waals surface area contributed by atoms with Gasteiger partial charge >= 0.3 is 0 Å². The number of halogens is 1. The molecule has 2 N–H and O–H groups in total. The number of aliphatic hydroxyl groups is 1. The summed E-state index contributed by atoms with van der Waals surface area (Å²) in [6, 6.07) is 7.00. The monoisotopic (exact) mass is 296 g/mol. The summed E-state index contributed by atoms with van der Waals surface area (Å²) in [6.45, 7) is 9.76. The Bertz CT molecular complexity index is 400. The molecule has 0 aromatic heterocycles. The Morgan fingerprint density at radius 3 is 2.57 bits per heavy atom. The van der Waals surface area contributed by atoms with Gasteiger partial charge in [0.05, 0.1) is 6.61 Å². The van der Waals surface area contributed by atoms with Gasteiger partial charge in [0.15, 0.2) is 0 Å². The van der Waals surface area contributed by atoms with Gasteiger partial charge in [-0.2, -0.15) is 0 Å². The molecule has 0 spiro atoms. The van der Waals surface area contributed by atoms with E-state index in [1.807, 2.05) is 12.1 Å². The average molecular weight is 296 g/mol. The Balaban J connectivity index is 2.83. The molecule has 2 atom stereocenters. The molecule has 0 fully saturated rings. The van der Waals surface area contributed by atoms with Crippen LogP contribution in [0.2, 0.25) is 0 Å². The molecule has 2 unspecified atom stereocenters. The van der Waals surface area contributed by atoms with Crippen molar-refractivity contribution in [1.29, 1.82) is 0 Å². The first kappa shape index (κ1) is 18.1. The maximum Gasteiger partial charge on any atom is 0.127 e. The molecule has 0 bridgehead atoms. The second-order valence-corrected chi connectivity index (χ2v) is 5.55. The number of benzene rings is 1. The Kier molecular flexibility index (Phi) is 8.50. The smallest absolute Gasteiger partial charge is 0.127 e. The van der Waals surface area contributed by atoms with Crippen LogP contribution in [0.15, 0.2) is 24.3 Å². The normalized spacial score (nSPS) is 14.4. The van der Waals surface area contributed by atoms with Crippen molar-refractivity contribution < 1.29 is 9.50 Å². The Hall–Kier alpha value is -0.970. The first-order chi connectivity index (χ1) is 10.1. The van der Waals surface area contributed by atoms with E-state index in [4.69, 9.17) is 5.11 Å². The minimum Gasteiger partial charge on any atom is -0.395 e. The van der Waals surface area contributed by atoms with Gasteiger partial charge in [-0.05, 0) is 31.5 Å². The molecule has 0 amide bonds. The molecule has 0 saturated heterocycles. The van der Waals surface area contributed by atoms with Crippen molar-refractivity contribution >= 4 is 0 Å². The number of rotatable bonds is 10. The number of hydrogen-bond donors (Lipinski definition) is 2. The highest BCUT2D eigenvalue weighted by Crippen LogP contribution is 2.25. The lowest BCUT2D eigenvalue weighted by atomic mass is 9.93. The van der Waals surface area contributed by atoms with Gasteiger partial charge in [-0.15, -0.1) is 0 Å². The summed E-state index contributed by atoms with van der Waals surface area (Å²) in [7, 11) is 0. The summed E-state index contributed by atoms with van der Waals surface area (Å²) in [5.74, 6) is 0.114. The quantitative estimate of drug-likeness (QED) is 0.697. The van der Waals surface area contributed by atoms with Crippen molar-refractivity contribution in [1.82, 2.24) is 10.2 Å². The van der Waals surface area contributed by atoms with Crippen LogP contribution in [0.3, 0.4) is 0 Å². The molecule has 1 rings (SSSR count). The molecule has 0 radical (unpaired) electrons. The third kappa shape index (κ3) is 5.73. The molecular weight excluding hydrogens is 267 g/mol. The molecule has 0 aliphatic carbocycles. The van der Waals surface area contributed by atoms with Gasteiger partial charge in [0.1, 0.15) is 5.82 Å². The maximum absolute atomic E-state index is 14.1. The Morgan fingerprint density at radius 1 is 1.29 bits per heavy atom. The zero-order chi connectivity index (χ0) is 15.7. The topological polar surface area (TPSA) is 35.5 Å². The largest absolute Gasteiger partial charge is 0.395 e. The van der Waals surface area contributed by atoms with Gasteiger partial charge in [-0.25, -0.2) is 4.39 Å². The molecule has 0 aliphatic rings. The highest BCUT2D eigenvalue weighted by Gasteiger charge is 2.23. The summed E-state index contributed by atoms with van der Waals surface area (Å²) >= 11 is 0. The third-order valence-electron chi connectivity index (χ3n) is 3.83. The molecule has 0 aliphatic heterocycles. The molecular formula is C17H29FN2O. The Labute approximate surface area is 128 Å². The van der Waals surface area contributed by atoms with Gasteiger partial charge in [-0.3, -0.25) is 0 Å². The molecule has 0 saturated carbocycles. The standard InChI is InChI=1S/C17H29FN2O/c1-4-10-19-17(15-8-6-7-9-16(15)18)14(3)13-20(5-2)11-12-21/h6-9,14,17,19,21H,4-5,10-13H2,1-3H3. The zero-order valence-electron chi connectivity index (χ0n) is 13.5. The van der Waals surface area contributed by atoms with E-state index in [-0.39, 0.29) is 24.4 Å². The fourth-order valence-corrected chi connectivity index (χ4v) is 2.68. The summed E-state index contributed by atoms with van der Waals surface area (Å²) in [6.07, 6.45) is 1.02. The van der Waals surface area contributed by atoms with Crippen molar-refractivity contribution in [2.24, 2.45) is 5.92 Å². The van der Waals surface area contributed by atoms with E-state index in [1.165, 1.54) is 6.07 Å². The fraction of sp³-hybridized carbons (Fsp3) is 0.647. The number of aliphatic hydroxyl groups excluding tert-OH is 1. The lowest BCUT2D eigenvalue weighted by molar-refractivity contribution is 0.171. The summed E-state index contributed by atoms with van der Waals surface area (Å²) in [5.41, 5.74) is 0.735. The highest BCUT2D eigenvalue weighted by atomic mass is 19.1. The van der Waals surface area contributed by atoms with Crippen molar-refractivity contribution in [3.8, 4) is 0 Å². The van der Waals surface area contributed by atoms with Crippen molar-refractivity contribution in [2.75, 3.05) is 32.8 Å². The molecule has 1 aromatic carbocycles. The number of likely N-dealkylation sites (N-methyl/N-ethyl adjacent to an activating group) is 1. The van der Waals surface area contributed by atoms with E-state index in [9.17, 15) is 4.39 Å². The lowest BCUT2D eigenvalue weighted by Crippen LogP contribution is -2.37. The van der Waals surface area contributed by atoms with Gasteiger partial charge in [0.25, 0.3) is 0 Å². The van der Waals surface area contributed by atoms with Crippen LogP contribution in [-0.4, -0.2) is 42.8 Å².